The van der Waals surface area contributed by atoms with Crippen molar-refractivity contribution in [3.63, 3.8) is 0 Å². The fraction of sp³-hybridized carbons (Fsp3) is 0.154. The number of amidine groups is 1. The largest absolute Gasteiger partial charge is 0.487 e. The summed E-state index contributed by atoms with van der Waals surface area (Å²) in [7, 11) is 0. The smallest absolute Gasteiger partial charge is 0.264 e. The second-order valence-electron chi connectivity index (χ2n) is 7.79. The molecule has 0 unspecified atom stereocenters. The lowest BCUT2D eigenvalue weighted by atomic mass is 10.2. The average molecular weight is 710 g/mol. The number of carbonyl (C=O) groups excluding carboxylic acids is 1. The van der Waals surface area contributed by atoms with Crippen molar-refractivity contribution in [2.45, 2.75) is 20.0 Å². The summed E-state index contributed by atoms with van der Waals surface area (Å²) in [5.74, 6) is 2.16. The molecule has 3 aromatic rings. The first-order chi connectivity index (χ1) is 17.0. The number of thioether (sulfide) groups is 1. The van der Waals surface area contributed by atoms with Gasteiger partial charge in [0, 0.05) is 0 Å². The lowest BCUT2D eigenvalue weighted by molar-refractivity contribution is -0.115. The van der Waals surface area contributed by atoms with Crippen molar-refractivity contribution in [1.82, 2.24) is 5.32 Å². The van der Waals surface area contributed by atoms with Crippen molar-refractivity contribution in [3.8, 4) is 17.2 Å². The maximum absolute atomic E-state index is 12.5. The van der Waals surface area contributed by atoms with E-state index in [1.54, 1.807) is 0 Å². The van der Waals surface area contributed by atoms with E-state index in [1.165, 1.54) is 17.3 Å². The molecule has 1 amide bonds. The van der Waals surface area contributed by atoms with Gasteiger partial charge in [0.15, 0.2) is 16.7 Å². The second kappa shape index (κ2) is 10.8. The molecule has 9 heteroatoms. The average Bonchev–Trinajstić information content (AvgIpc) is 3.44. The van der Waals surface area contributed by atoms with Crippen LogP contribution in [-0.4, -0.2) is 17.9 Å². The Kier molecular flexibility index (Phi) is 7.54. The third-order valence-electron chi connectivity index (χ3n) is 5.36. The minimum atomic E-state index is -0.146. The van der Waals surface area contributed by atoms with Gasteiger partial charge in [-0.1, -0.05) is 25.1 Å². The van der Waals surface area contributed by atoms with Crippen molar-refractivity contribution >= 4 is 79.8 Å². The molecule has 0 saturated carbocycles. The molecule has 178 valence electrons. The molecule has 1 N–H and O–H groups in total. The van der Waals surface area contributed by atoms with E-state index in [4.69, 9.17) is 14.2 Å². The number of ether oxygens (including phenoxy) is 3. The number of fused-ring (bicyclic) bond motifs is 1. The van der Waals surface area contributed by atoms with Gasteiger partial charge in [-0.3, -0.25) is 4.79 Å². The zero-order chi connectivity index (χ0) is 24.4. The first-order valence-corrected chi connectivity index (χ1v) is 13.8. The van der Waals surface area contributed by atoms with E-state index in [0.717, 1.165) is 47.6 Å². The molecule has 0 aromatic heterocycles. The molecule has 6 nitrogen and oxygen atoms in total. The van der Waals surface area contributed by atoms with E-state index >= 15 is 0 Å². The number of benzene rings is 3. The highest BCUT2D eigenvalue weighted by Gasteiger charge is 2.24. The van der Waals surface area contributed by atoms with Crippen LogP contribution >= 0.6 is 56.9 Å². The summed E-state index contributed by atoms with van der Waals surface area (Å²) < 4.78 is 18.9. The lowest BCUT2D eigenvalue weighted by Gasteiger charge is -2.12. The predicted molar refractivity (Wildman–Crippen MR) is 155 cm³/mol. The summed E-state index contributed by atoms with van der Waals surface area (Å²) in [5.41, 5.74) is 4.01. The number of nitrogens with zero attached hydrogens (tertiary/aromatic N) is 1. The molecule has 35 heavy (non-hydrogen) atoms. The molecular formula is C26H20I2N2O4S. The highest BCUT2D eigenvalue weighted by molar-refractivity contribution is 14.1. The number of aliphatic imine (C=N–C) groups is 1. The number of amides is 1. The second-order valence-corrected chi connectivity index (χ2v) is 11.1. The fourth-order valence-corrected chi connectivity index (χ4v) is 6.51. The van der Waals surface area contributed by atoms with Gasteiger partial charge in [-0.15, -0.1) is 0 Å². The number of hydrogen-bond donors (Lipinski definition) is 1. The molecule has 0 bridgehead atoms. The van der Waals surface area contributed by atoms with Crippen LogP contribution in [0.4, 0.5) is 5.69 Å². The molecule has 0 spiro atoms. The van der Waals surface area contributed by atoms with Crippen molar-refractivity contribution in [3.05, 3.63) is 83.3 Å². The Bertz CT molecular complexity index is 1330. The highest BCUT2D eigenvalue weighted by atomic mass is 127. The molecule has 2 aliphatic heterocycles. The quantitative estimate of drug-likeness (QED) is 0.229. The maximum Gasteiger partial charge on any atom is 0.264 e. The zero-order valence-corrected chi connectivity index (χ0v) is 23.8. The Hall–Kier alpha value is -2.25. The van der Waals surface area contributed by atoms with Crippen LogP contribution in [0, 0.1) is 7.14 Å². The molecule has 2 heterocycles. The van der Waals surface area contributed by atoms with Crippen LogP contribution in [0.3, 0.4) is 0 Å². The molecule has 3 aromatic carbocycles. The van der Waals surface area contributed by atoms with E-state index in [0.29, 0.717) is 16.7 Å². The van der Waals surface area contributed by atoms with Crippen LogP contribution in [-0.2, 0) is 17.8 Å². The van der Waals surface area contributed by atoms with Gasteiger partial charge >= 0.3 is 0 Å². The number of hydrogen-bond acceptors (Lipinski definition) is 6. The number of aryl methyl sites for hydroxylation is 1. The molecule has 1 saturated heterocycles. The first-order valence-electron chi connectivity index (χ1n) is 10.9. The van der Waals surface area contributed by atoms with Crippen LogP contribution in [0.2, 0.25) is 0 Å². The Morgan fingerprint density at radius 3 is 2.49 bits per heavy atom. The number of rotatable bonds is 6. The van der Waals surface area contributed by atoms with E-state index in [1.807, 2.05) is 48.5 Å². The van der Waals surface area contributed by atoms with Gasteiger partial charge in [-0.25, -0.2) is 4.99 Å². The third-order valence-corrected chi connectivity index (χ3v) is 7.88. The molecule has 1 fully saturated rings. The van der Waals surface area contributed by atoms with Crippen molar-refractivity contribution in [2.75, 3.05) is 6.79 Å². The third kappa shape index (κ3) is 5.78. The Balaban J connectivity index is 1.29. The minimum Gasteiger partial charge on any atom is -0.487 e. The van der Waals surface area contributed by atoms with Gasteiger partial charge in [0.05, 0.1) is 17.7 Å². The lowest BCUT2D eigenvalue weighted by Crippen LogP contribution is -2.19. The Labute approximate surface area is 234 Å². The molecule has 0 aliphatic carbocycles. The summed E-state index contributed by atoms with van der Waals surface area (Å²) >= 11 is 5.87. The summed E-state index contributed by atoms with van der Waals surface area (Å²) in [4.78, 5) is 17.7. The predicted octanol–water partition coefficient (Wildman–Crippen LogP) is 6.66. The van der Waals surface area contributed by atoms with Crippen LogP contribution in [0.1, 0.15) is 23.6 Å². The molecular weight excluding hydrogens is 690 g/mol. The van der Waals surface area contributed by atoms with Crippen molar-refractivity contribution < 1.29 is 19.0 Å². The SMILES string of the molecule is CCc1ccc(N=C2NC(=O)/C(=C/c3cc(I)c(OCc4ccc5c(c4)OCO5)c(I)c3)S2)cc1. The van der Waals surface area contributed by atoms with Gasteiger partial charge in [0.2, 0.25) is 6.79 Å². The summed E-state index contributed by atoms with van der Waals surface area (Å²) in [6, 6.07) is 17.9. The minimum absolute atomic E-state index is 0.146. The molecule has 2 aliphatic rings. The van der Waals surface area contributed by atoms with Crippen LogP contribution in [0.25, 0.3) is 6.08 Å². The van der Waals surface area contributed by atoms with Crippen molar-refractivity contribution in [2.24, 2.45) is 4.99 Å². The molecule has 0 atom stereocenters. The summed E-state index contributed by atoms with van der Waals surface area (Å²) in [6.07, 6.45) is 2.86. The summed E-state index contributed by atoms with van der Waals surface area (Å²) in [5, 5.41) is 3.44. The fourth-order valence-electron chi connectivity index (χ4n) is 3.54. The van der Waals surface area contributed by atoms with Crippen LogP contribution in [0.5, 0.6) is 17.2 Å². The monoisotopic (exact) mass is 710 g/mol. The first kappa shape index (κ1) is 24.4. The van der Waals surface area contributed by atoms with E-state index in [9.17, 15) is 4.79 Å². The molecule has 0 radical (unpaired) electrons. The highest BCUT2D eigenvalue weighted by Crippen LogP contribution is 2.35. The Morgan fingerprint density at radius 1 is 1.03 bits per heavy atom. The van der Waals surface area contributed by atoms with Gasteiger partial charge < -0.3 is 19.5 Å². The van der Waals surface area contributed by atoms with Crippen molar-refractivity contribution in [1.29, 1.82) is 0 Å². The van der Waals surface area contributed by atoms with Gasteiger partial charge in [0.25, 0.3) is 5.91 Å². The molecule has 5 rings (SSSR count). The zero-order valence-electron chi connectivity index (χ0n) is 18.6. The standard InChI is InChI=1S/C26H20I2N2O4S/c1-2-15-3-6-18(7-4-15)29-26-30-25(31)23(35-26)12-17-9-19(27)24(20(28)10-17)32-13-16-5-8-21-22(11-16)34-14-33-21/h3-12H,2,13-14H2,1H3,(H,29,30,31)/b23-12-. The van der Waals surface area contributed by atoms with Gasteiger partial charge in [-0.2, -0.15) is 0 Å². The number of nitrogens with one attached hydrogen (secondary N) is 1. The van der Waals surface area contributed by atoms with E-state index in [2.05, 4.69) is 74.5 Å². The summed E-state index contributed by atoms with van der Waals surface area (Å²) in [6.45, 7) is 2.79. The van der Waals surface area contributed by atoms with Gasteiger partial charge in [0.1, 0.15) is 12.4 Å². The topological polar surface area (TPSA) is 69.2 Å². The normalized spacial score (nSPS) is 16.7. The number of halogens is 2. The van der Waals surface area contributed by atoms with E-state index in [-0.39, 0.29) is 12.7 Å². The maximum atomic E-state index is 12.5. The van der Waals surface area contributed by atoms with Crippen LogP contribution in [0.15, 0.2) is 64.5 Å². The van der Waals surface area contributed by atoms with Gasteiger partial charge in [-0.05, 0) is 123 Å². The Morgan fingerprint density at radius 2 is 1.74 bits per heavy atom. The van der Waals surface area contributed by atoms with E-state index < -0.39 is 0 Å². The van der Waals surface area contributed by atoms with Crippen LogP contribution < -0.4 is 19.5 Å². The number of carbonyl (C=O) groups is 1.